The molecule has 0 saturated carbocycles. The topological polar surface area (TPSA) is 59.0 Å². The lowest BCUT2D eigenvalue weighted by molar-refractivity contribution is 0.182. The summed E-state index contributed by atoms with van der Waals surface area (Å²) in [4.78, 5) is 7.05. The van der Waals surface area contributed by atoms with Crippen LogP contribution in [0.3, 0.4) is 0 Å². The van der Waals surface area contributed by atoms with E-state index in [1.807, 2.05) is 12.4 Å². The molecular weight excluding hydrogens is 350 g/mol. The van der Waals surface area contributed by atoms with Crippen LogP contribution >= 0.6 is 0 Å². The Balaban J connectivity index is 1.53. The van der Waals surface area contributed by atoms with Crippen molar-refractivity contribution in [3.63, 3.8) is 0 Å². The first-order valence-electron chi connectivity index (χ1n) is 10.1. The van der Waals surface area contributed by atoms with Gasteiger partial charge < -0.3 is 9.30 Å². The molecule has 1 N–H and O–H groups in total. The van der Waals surface area contributed by atoms with Gasteiger partial charge in [-0.15, -0.1) is 0 Å². The summed E-state index contributed by atoms with van der Waals surface area (Å²) in [6, 6.07) is 10.7. The zero-order chi connectivity index (χ0) is 19.3. The third-order valence-electron chi connectivity index (χ3n) is 5.69. The lowest BCUT2D eigenvalue weighted by atomic mass is 9.89. The molecule has 0 saturated heterocycles. The molecule has 0 spiro atoms. The number of hydrogen-bond donors (Lipinski definition) is 1. The Kier molecular flexibility index (Phi) is 5.88. The average molecular weight is 380 g/mol. The highest BCUT2D eigenvalue weighted by Gasteiger charge is 2.27. The van der Waals surface area contributed by atoms with Crippen LogP contribution in [0.2, 0.25) is 0 Å². The molecule has 6 nitrogen and oxygen atoms in total. The highest BCUT2D eigenvalue weighted by molar-refractivity contribution is 5.36. The van der Waals surface area contributed by atoms with Gasteiger partial charge in [0.05, 0.1) is 18.8 Å². The fourth-order valence-electron chi connectivity index (χ4n) is 4.15. The van der Waals surface area contributed by atoms with Crippen LogP contribution in [0.5, 0.6) is 0 Å². The van der Waals surface area contributed by atoms with Gasteiger partial charge in [-0.25, -0.2) is 4.98 Å². The summed E-state index contributed by atoms with van der Waals surface area (Å²) >= 11 is 0. The number of nitrogens with zero attached hydrogens (tertiary/aromatic N) is 4. The minimum Gasteiger partial charge on any atom is -0.383 e. The summed E-state index contributed by atoms with van der Waals surface area (Å²) in [5, 5.41) is 8.06. The highest BCUT2D eigenvalue weighted by atomic mass is 16.5. The van der Waals surface area contributed by atoms with Crippen LogP contribution < -0.4 is 0 Å². The minimum atomic E-state index is 0.338. The molecule has 1 aromatic carbocycles. The number of nitrogens with one attached hydrogen (secondary N) is 1. The SMILES string of the molecule is CC[C@@H](c1ccccc1)c1n[nH]c2c1CN(Cc1nccn1CCOC)CC2. The molecule has 2 aromatic heterocycles. The number of methoxy groups -OCH3 is 1. The van der Waals surface area contributed by atoms with Crippen LogP contribution in [0.25, 0.3) is 0 Å². The Morgan fingerprint density at radius 1 is 1.25 bits per heavy atom. The molecule has 1 aliphatic rings. The van der Waals surface area contributed by atoms with Gasteiger partial charge in [-0.1, -0.05) is 37.3 Å². The third kappa shape index (κ3) is 3.88. The smallest absolute Gasteiger partial charge is 0.122 e. The summed E-state index contributed by atoms with van der Waals surface area (Å²) < 4.78 is 7.41. The van der Waals surface area contributed by atoms with Gasteiger partial charge in [-0.05, 0) is 12.0 Å². The maximum Gasteiger partial charge on any atom is 0.122 e. The van der Waals surface area contributed by atoms with Gasteiger partial charge in [-0.3, -0.25) is 10.00 Å². The van der Waals surface area contributed by atoms with Crippen LogP contribution in [-0.2, 0) is 30.8 Å². The number of ether oxygens (including phenoxy) is 1. The molecule has 0 amide bonds. The first-order chi connectivity index (χ1) is 13.8. The molecular formula is C22H29N5O. The van der Waals surface area contributed by atoms with Crippen molar-refractivity contribution < 1.29 is 4.74 Å². The van der Waals surface area contributed by atoms with Gasteiger partial charge in [0, 0.05) is 62.7 Å². The normalized spacial score (nSPS) is 15.5. The molecule has 3 aromatic rings. The molecule has 0 radical (unpaired) electrons. The Hall–Kier alpha value is -2.44. The van der Waals surface area contributed by atoms with Gasteiger partial charge >= 0.3 is 0 Å². The van der Waals surface area contributed by atoms with Crippen molar-refractivity contribution in [2.24, 2.45) is 0 Å². The van der Waals surface area contributed by atoms with Gasteiger partial charge in [0.15, 0.2) is 0 Å². The molecule has 1 aliphatic heterocycles. The van der Waals surface area contributed by atoms with E-state index >= 15 is 0 Å². The number of fused-ring (bicyclic) bond motifs is 1. The van der Waals surface area contributed by atoms with Crippen molar-refractivity contribution in [3.8, 4) is 0 Å². The zero-order valence-electron chi connectivity index (χ0n) is 16.8. The maximum absolute atomic E-state index is 5.22. The monoisotopic (exact) mass is 379 g/mol. The largest absolute Gasteiger partial charge is 0.383 e. The molecule has 6 heteroatoms. The first kappa shape index (κ1) is 18.9. The Labute approximate surface area is 166 Å². The molecule has 0 fully saturated rings. The summed E-state index contributed by atoms with van der Waals surface area (Å²) in [6.45, 7) is 6.58. The van der Waals surface area contributed by atoms with Gasteiger partial charge in [0.2, 0.25) is 0 Å². The van der Waals surface area contributed by atoms with E-state index in [9.17, 15) is 0 Å². The number of aromatic amines is 1. The maximum atomic E-state index is 5.22. The van der Waals surface area contributed by atoms with Crippen LogP contribution in [0.4, 0.5) is 0 Å². The summed E-state index contributed by atoms with van der Waals surface area (Å²) in [5.74, 6) is 1.44. The molecule has 0 bridgehead atoms. The van der Waals surface area contributed by atoms with Crippen LogP contribution in [-0.4, -0.2) is 44.9 Å². The fourth-order valence-corrected chi connectivity index (χ4v) is 4.15. The van der Waals surface area contributed by atoms with Crippen LogP contribution in [0.15, 0.2) is 42.7 Å². The Morgan fingerprint density at radius 2 is 2.11 bits per heavy atom. The van der Waals surface area contributed by atoms with Crippen molar-refractivity contribution in [2.45, 2.75) is 45.3 Å². The van der Waals surface area contributed by atoms with E-state index < -0.39 is 0 Å². The van der Waals surface area contributed by atoms with Gasteiger partial charge in [-0.2, -0.15) is 5.10 Å². The second-order valence-corrected chi connectivity index (χ2v) is 7.43. The number of rotatable bonds is 8. The van der Waals surface area contributed by atoms with Crippen molar-refractivity contribution in [2.75, 3.05) is 20.3 Å². The molecule has 3 heterocycles. The van der Waals surface area contributed by atoms with Gasteiger partial charge in [0.25, 0.3) is 0 Å². The average Bonchev–Trinajstić information content (AvgIpc) is 3.35. The van der Waals surface area contributed by atoms with E-state index in [2.05, 4.69) is 56.8 Å². The van der Waals surface area contributed by atoms with E-state index in [1.165, 1.54) is 22.5 Å². The fraction of sp³-hybridized carbons (Fsp3) is 0.455. The number of aromatic nitrogens is 4. The third-order valence-corrected chi connectivity index (χ3v) is 5.69. The van der Waals surface area contributed by atoms with Gasteiger partial charge in [0.1, 0.15) is 5.82 Å². The molecule has 4 rings (SSSR count). The van der Waals surface area contributed by atoms with E-state index in [0.717, 1.165) is 44.8 Å². The minimum absolute atomic E-state index is 0.338. The summed E-state index contributed by atoms with van der Waals surface area (Å²) in [6.07, 6.45) is 5.97. The standard InChI is InChI=1S/C22H29N5O/c1-3-18(17-7-5-4-6-8-17)22-19-15-26(11-9-20(19)24-25-22)16-21-23-10-12-27(21)13-14-28-2/h4-8,10,12,18H,3,9,11,13-16H2,1-2H3,(H,24,25)/t18-/m0/s1. The quantitative estimate of drug-likeness (QED) is 0.652. The molecule has 0 unspecified atom stereocenters. The Bertz CT molecular complexity index is 885. The second-order valence-electron chi connectivity index (χ2n) is 7.43. The number of imidazole rings is 1. The molecule has 148 valence electrons. The van der Waals surface area contributed by atoms with Crippen molar-refractivity contribution in [3.05, 3.63) is 71.1 Å². The second kappa shape index (κ2) is 8.71. The molecule has 1 atom stereocenters. The number of benzene rings is 1. The van der Waals surface area contributed by atoms with Crippen LogP contribution in [0, 0.1) is 0 Å². The zero-order valence-corrected chi connectivity index (χ0v) is 16.8. The Morgan fingerprint density at radius 3 is 2.89 bits per heavy atom. The molecule has 0 aliphatic carbocycles. The summed E-state index contributed by atoms with van der Waals surface area (Å²) in [7, 11) is 1.74. The van der Waals surface area contributed by atoms with Crippen molar-refractivity contribution in [1.29, 1.82) is 0 Å². The van der Waals surface area contributed by atoms with Crippen molar-refractivity contribution in [1.82, 2.24) is 24.6 Å². The first-order valence-corrected chi connectivity index (χ1v) is 10.1. The lowest BCUT2D eigenvalue weighted by Crippen LogP contribution is -2.31. The molecule has 28 heavy (non-hydrogen) atoms. The van der Waals surface area contributed by atoms with E-state index in [1.54, 1.807) is 7.11 Å². The van der Waals surface area contributed by atoms with Crippen LogP contribution in [0.1, 0.15) is 47.6 Å². The van der Waals surface area contributed by atoms with E-state index in [-0.39, 0.29) is 0 Å². The predicted molar refractivity (Wildman–Crippen MR) is 109 cm³/mol. The van der Waals surface area contributed by atoms with E-state index in [0.29, 0.717) is 12.5 Å². The summed E-state index contributed by atoms with van der Waals surface area (Å²) in [5.41, 5.74) is 5.21. The predicted octanol–water partition coefficient (Wildman–Crippen LogP) is 3.35. The van der Waals surface area contributed by atoms with E-state index in [4.69, 9.17) is 9.84 Å². The number of hydrogen-bond acceptors (Lipinski definition) is 4. The highest BCUT2D eigenvalue weighted by Crippen LogP contribution is 2.32. The van der Waals surface area contributed by atoms with Crippen molar-refractivity contribution >= 4 is 0 Å². The lowest BCUT2D eigenvalue weighted by Gasteiger charge is -2.28. The number of H-pyrrole nitrogens is 1.